The molecule has 0 aliphatic carbocycles. The van der Waals surface area contributed by atoms with Crippen molar-refractivity contribution in [2.75, 3.05) is 20.1 Å². The van der Waals surface area contributed by atoms with Gasteiger partial charge in [0.1, 0.15) is 12.6 Å². The molecule has 2 rings (SSSR count). The van der Waals surface area contributed by atoms with E-state index in [1.54, 1.807) is 7.05 Å². The number of rotatable bonds is 6. The van der Waals surface area contributed by atoms with E-state index in [1.165, 1.54) is 4.90 Å². The van der Waals surface area contributed by atoms with Crippen molar-refractivity contribution in [3.05, 3.63) is 35.9 Å². The van der Waals surface area contributed by atoms with Gasteiger partial charge in [-0.15, -0.1) is 0 Å². The number of nitrogens with zero attached hydrogens (tertiary/aromatic N) is 2. The number of piperidine rings is 1. The Hall–Kier alpha value is -2.08. The predicted octanol–water partition coefficient (Wildman–Crippen LogP) is 2.58. The molecular formula is C18H26N2O4. The molecule has 0 bridgehead atoms. The Morgan fingerprint density at radius 3 is 2.71 bits per heavy atom. The minimum Gasteiger partial charge on any atom is -0.480 e. The minimum atomic E-state index is -0.781. The maximum atomic E-state index is 12.2. The minimum absolute atomic E-state index is 0.117. The summed E-state index contributed by atoms with van der Waals surface area (Å²) in [7, 11) is 1.69. The third-order valence-electron chi connectivity index (χ3n) is 4.55. The molecule has 1 aliphatic heterocycles. The number of carbonyl (C=O) groups excluding carboxylic acids is 1. The summed E-state index contributed by atoms with van der Waals surface area (Å²) >= 11 is 0. The van der Waals surface area contributed by atoms with Gasteiger partial charge in [-0.1, -0.05) is 36.8 Å². The number of likely N-dealkylation sites (N-methyl/N-ethyl adjacent to an activating group) is 1. The van der Waals surface area contributed by atoms with Gasteiger partial charge in [0.25, 0.3) is 0 Å². The molecule has 1 N–H and O–H groups in total. The number of ether oxygens (including phenoxy) is 1. The zero-order valence-corrected chi connectivity index (χ0v) is 14.4. The van der Waals surface area contributed by atoms with Crippen LogP contribution in [0.5, 0.6) is 0 Å². The van der Waals surface area contributed by atoms with Crippen LogP contribution in [-0.4, -0.2) is 59.2 Å². The topological polar surface area (TPSA) is 70.1 Å². The van der Waals surface area contributed by atoms with E-state index in [1.807, 2.05) is 42.2 Å². The molecule has 1 aliphatic rings. The maximum Gasteiger partial charge on any atom is 0.410 e. The van der Waals surface area contributed by atoms with Gasteiger partial charge >= 0.3 is 12.1 Å². The van der Waals surface area contributed by atoms with Crippen LogP contribution in [0, 0.1) is 0 Å². The van der Waals surface area contributed by atoms with Crippen molar-refractivity contribution in [2.24, 2.45) is 0 Å². The Balaban J connectivity index is 1.85. The van der Waals surface area contributed by atoms with E-state index in [2.05, 4.69) is 0 Å². The molecular weight excluding hydrogens is 308 g/mol. The molecule has 6 nitrogen and oxygen atoms in total. The second-order valence-corrected chi connectivity index (χ2v) is 6.34. The third-order valence-corrected chi connectivity index (χ3v) is 4.55. The summed E-state index contributed by atoms with van der Waals surface area (Å²) in [6, 6.07) is 8.96. The fourth-order valence-corrected chi connectivity index (χ4v) is 2.95. The van der Waals surface area contributed by atoms with Crippen LogP contribution in [0.4, 0.5) is 4.79 Å². The van der Waals surface area contributed by atoms with E-state index in [-0.39, 0.29) is 12.6 Å². The summed E-state index contributed by atoms with van der Waals surface area (Å²) in [5, 5.41) is 9.33. The highest BCUT2D eigenvalue weighted by Gasteiger charge is 2.30. The van der Waals surface area contributed by atoms with Crippen molar-refractivity contribution in [1.82, 2.24) is 9.80 Å². The van der Waals surface area contributed by atoms with Crippen LogP contribution in [0.2, 0.25) is 0 Å². The quantitative estimate of drug-likeness (QED) is 0.866. The highest BCUT2D eigenvalue weighted by atomic mass is 16.6. The van der Waals surface area contributed by atoms with Crippen LogP contribution >= 0.6 is 0 Å². The van der Waals surface area contributed by atoms with E-state index in [9.17, 15) is 14.7 Å². The van der Waals surface area contributed by atoms with Crippen LogP contribution in [0.15, 0.2) is 30.3 Å². The van der Waals surface area contributed by atoms with E-state index in [4.69, 9.17) is 4.74 Å². The van der Waals surface area contributed by atoms with E-state index >= 15 is 0 Å². The Bertz CT molecular complexity index is 549. The Labute approximate surface area is 143 Å². The molecule has 1 saturated heterocycles. The van der Waals surface area contributed by atoms with Gasteiger partial charge in [0, 0.05) is 19.6 Å². The van der Waals surface area contributed by atoms with Crippen molar-refractivity contribution < 1.29 is 19.4 Å². The number of benzene rings is 1. The standard InChI is InChI=1S/C18H26N2O4/c1-14(12-20-11-7-6-10-16(20)17(21)22)19(2)18(23)24-13-15-8-4-3-5-9-15/h3-5,8-9,14,16H,6-7,10-13H2,1-2H3,(H,21,22). The molecule has 0 radical (unpaired) electrons. The SMILES string of the molecule is CC(CN1CCCCC1C(=O)O)N(C)C(=O)OCc1ccccc1. The third kappa shape index (κ3) is 4.96. The first-order valence-corrected chi connectivity index (χ1v) is 8.39. The van der Waals surface area contributed by atoms with E-state index in [0.717, 1.165) is 24.9 Å². The lowest BCUT2D eigenvalue weighted by atomic mass is 10.0. The fourth-order valence-electron chi connectivity index (χ4n) is 2.95. The summed E-state index contributed by atoms with van der Waals surface area (Å²) in [4.78, 5) is 27.0. The Kier molecular flexibility index (Phi) is 6.61. The summed E-state index contributed by atoms with van der Waals surface area (Å²) < 4.78 is 5.33. The number of carboxylic acid groups (broad SMARTS) is 1. The number of carbonyl (C=O) groups is 2. The highest BCUT2D eigenvalue weighted by Crippen LogP contribution is 2.18. The van der Waals surface area contributed by atoms with Gasteiger partial charge in [-0.2, -0.15) is 0 Å². The Morgan fingerprint density at radius 2 is 2.04 bits per heavy atom. The summed E-state index contributed by atoms with van der Waals surface area (Å²) in [6.07, 6.45) is 2.22. The first-order chi connectivity index (χ1) is 11.5. The molecule has 0 saturated carbocycles. The second kappa shape index (κ2) is 8.68. The Morgan fingerprint density at radius 1 is 1.33 bits per heavy atom. The van der Waals surface area contributed by atoms with Crippen LogP contribution in [-0.2, 0) is 16.1 Å². The summed E-state index contributed by atoms with van der Waals surface area (Å²) in [5.41, 5.74) is 0.939. The molecule has 24 heavy (non-hydrogen) atoms. The van der Waals surface area contributed by atoms with Gasteiger partial charge in [-0.05, 0) is 31.9 Å². The molecule has 0 aromatic heterocycles. The number of aliphatic carboxylic acids is 1. The lowest BCUT2D eigenvalue weighted by Gasteiger charge is -2.36. The largest absolute Gasteiger partial charge is 0.480 e. The highest BCUT2D eigenvalue weighted by molar-refractivity contribution is 5.73. The molecule has 1 amide bonds. The number of amides is 1. The van der Waals surface area contributed by atoms with Crippen LogP contribution in [0.1, 0.15) is 31.7 Å². The fraction of sp³-hybridized carbons (Fsp3) is 0.556. The first kappa shape index (κ1) is 18.3. The lowest BCUT2D eigenvalue weighted by molar-refractivity contribution is -0.144. The molecule has 2 atom stereocenters. The maximum absolute atomic E-state index is 12.2. The molecule has 2 unspecified atom stereocenters. The lowest BCUT2D eigenvalue weighted by Crippen LogP contribution is -2.51. The van der Waals surface area contributed by atoms with Gasteiger partial charge in [0.2, 0.25) is 0 Å². The van der Waals surface area contributed by atoms with Crippen molar-refractivity contribution in [2.45, 2.75) is 44.9 Å². The van der Waals surface area contributed by atoms with Crippen LogP contribution < -0.4 is 0 Å². The monoisotopic (exact) mass is 334 g/mol. The molecule has 132 valence electrons. The van der Waals surface area contributed by atoms with Crippen molar-refractivity contribution in [3.8, 4) is 0 Å². The zero-order valence-electron chi connectivity index (χ0n) is 14.4. The molecule has 1 fully saturated rings. The smallest absolute Gasteiger partial charge is 0.410 e. The van der Waals surface area contributed by atoms with Crippen LogP contribution in [0.3, 0.4) is 0 Å². The number of hydrogen-bond donors (Lipinski definition) is 1. The summed E-state index contributed by atoms with van der Waals surface area (Å²) in [6.45, 7) is 3.44. The predicted molar refractivity (Wildman–Crippen MR) is 90.7 cm³/mol. The van der Waals surface area contributed by atoms with Crippen molar-refractivity contribution >= 4 is 12.1 Å². The number of likely N-dealkylation sites (tertiary alicyclic amines) is 1. The molecule has 1 aromatic rings. The van der Waals surface area contributed by atoms with Gasteiger partial charge < -0.3 is 14.7 Å². The zero-order chi connectivity index (χ0) is 17.5. The van der Waals surface area contributed by atoms with Gasteiger partial charge in [0.05, 0.1) is 0 Å². The van der Waals surface area contributed by atoms with Gasteiger partial charge in [0.15, 0.2) is 0 Å². The van der Waals surface area contributed by atoms with Gasteiger partial charge in [-0.3, -0.25) is 9.69 Å². The van der Waals surface area contributed by atoms with E-state index in [0.29, 0.717) is 13.0 Å². The van der Waals surface area contributed by atoms with Crippen molar-refractivity contribution in [3.63, 3.8) is 0 Å². The van der Waals surface area contributed by atoms with Crippen LogP contribution in [0.25, 0.3) is 0 Å². The molecule has 1 heterocycles. The molecule has 0 spiro atoms. The first-order valence-electron chi connectivity index (χ1n) is 8.39. The normalized spacial score (nSPS) is 19.5. The van der Waals surface area contributed by atoms with Crippen molar-refractivity contribution in [1.29, 1.82) is 0 Å². The number of carboxylic acids is 1. The average molecular weight is 334 g/mol. The van der Waals surface area contributed by atoms with E-state index < -0.39 is 18.1 Å². The van der Waals surface area contributed by atoms with Gasteiger partial charge in [-0.25, -0.2) is 4.79 Å². The second-order valence-electron chi connectivity index (χ2n) is 6.34. The summed E-state index contributed by atoms with van der Waals surface area (Å²) in [5.74, 6) is -0.781. The average Bonchev–Trinajstić information content (AvgIpc) is 2.60. The molecule has 1 aromatic carbocycles. The number of hydrogen-bond acceptors (Lipinski definition) is 4. The molecule has 6 heteroatoms.